The van der Waals surface area contributed by atoms with Crippen molar-refractivity contribution < 1.29 is 61.8 Å². The Hall–Kier alpha value is -6.09. The SMILES string of the molecule is CC[Si](CC)(CC)O[C@H]1[C@@H](COC(=O)CC(C)C)O[C@H](O[C@H]2[C@@H](CO[Si](c3ccccc3)(c3ccccc3)C(C)(C)C)O[C@H](OC[C@H]3O[C@H](Sc4ccccc4)C[C@@H](N=[N+]=[N-])[C@H]3O)C[C@@]2(Cc2c[nH]c3cc(Cl)ccc23)OC(=O)c2ccccc2)C[C@]1(O)N=[N+]=[N-]. The number of fused-ring (bicyclic) bond motifs is 1. The maximum Gasteiger partial charge on any atom is 0.338 e. The molecule has 0 amide bonds. The third kappa shape index (κ3) is 16.3. The fourth-order valence-corrected chi connectivity index (χ4v) is 21.6. The lowest BCUT2D eigenvalue weighted by atomic mass is 9.80. The second-order valence-corrected chi connectivity index (χ2v) is 35.8. The highest BCUT2D eigenvalue weighted by molar-refractivity contribution is 7.99. The number of esters is 2. The summed E-state index contributed by atoms with van der Waals surface area (Å²) in [6.07, 6.45) is -9.18. The molecular weight excluding hydrogens is 1230 g/mol. The molecule has 486 valence electrons. The number of nitrogens with zero attached hydrogens (tertiary/aromatic N) is 6. The number of H-pyrrole nitrogens is 1. The number of carbonyl (C=O) groups excluding carboxylic acids is 2. The molecule has 3 N–H and O–H groups in total. The van der Waals surface area contributed by atoms with Gasteiger partial charge in [-0.15, -0.1) is 0 Å². The first-order valence-corrected chi connectivity index (χ1v) is 37.0. The van der Waals surface area contributed by atoms with Crippen LogP contribution in [0.4, 0.5) is 0 Å². The normalized spacial score (nSPS) is 26.3. The number of aromatic amines is 1. The number of halogens is 1. The molecule has 6 aromatic rings. The lowest BCUT2D eigenvalue weighted by Gasteiger charge is -2.53. The summed E-state index contributed by atoms with van der Waals surface area (Å²) in [5.41, 5.74) is 16.9. The van der Waals surface area contributed by atoms with Crippen LogP contribution in [-0.2, 0) is 53.2 Å². The van der Waals surface area contributed by atoms with Crippen LogP contribution in [0.15, 0.2) is 161 Å². The molecule has 20 nitrogen and oxygen atoms in total. The molecule has 0 unspecified atom stereocenters. The monoisotopic (exact) mass is 1320 g/mol. The minimum atomic E-state index is -3.49. The topological polar surface area (TPSA) is 271 Å². The average molecular weight is 1320 g/mol. The summed E-state index contributed by atoms with van der Waals surface area (Å²) in [7, 11) is -6.18. The summed E-state index contributed by atoms with van der Waals surface area (Å²) in [5.74, 6) is -1.29. The van der Waals surface area contributed by atoms with E-state index in [-0.39, 0.29) is 50.4 Å². The van der Waals surface area contributed by atoms with E-state index in [4.69, 9.17) is 53.6 Å². The van der Waals surface area contributed by atoms with Crippen molar-refractivity contribution in [1.82, 2.24) is 4.98 Å². The molecule has 0 spiro atoms. The number of nitrogens with one attached hydrogen (secondary N) is 1. The van der Waals surface area contributed by atoms with Crippen molar-refractivity contribution in [2.75, 3.05) is 19.8 Å². The Kier molecular flexibility index (Phi) is 23.4. The van der Waals surface area contributed by atoms with E-state index < -0.39 is 119 Å². The number of hydrogen-bond acceptors (Lipinski definition) is 16. The fraction of sp³-hybridized carbons (Fsp3) is 0.493. The minimum Gasteiger partial charge on any atom is -0.463 e. The van der Waals surface area contributed by atoms with Crippen LogP contribution in [0.3, 0.4) is 0 Å². The van der Waals surface area contributed by atoms with Crippen molar-refractivity contribution in [1.29, 1.82) is 0 Å². The predicted molar refractivity (Wildman–Crippen MR) is 354 cm³/mol. The van der Waals surface area contributed by atoms with Gasteiger partial charge in [-0.1, -0.05) is 192 Å². The van der Waals surface area contributed by atoms with Gasteiger partial charge in [0.05, 0.1) is 30.9 Å². The first-order chi connectivity index (χ1) is 43.7. The first kappa shape index (κ1) is 69.3. The number of thioether (sulfide) groups is 1. The second-order valence-electron chi connectivity index (χ2n) is 25.1. The van der Waals surface area contributed by atoms with Gasteiger partial charge in [0, 0.05) is 62.5 Å². The Balaban J connectivity index is 1.23. The molecule has 9 rings (SSSR count). The van der Waals surface area contributed by atoms with Crippen LogP contribution in [0, 0.1) is 5.92 Å². The van der Waals surface area contributed by atoms with E-state index in [9.17, 15) is 26.1 Å². The van der Waals surface area contributed by atoms with Crippen molar-refractivity contribution in [2.45, 2.75) is 188 Å². The van der Waals surface area contributed by atoms with Crippen LogP contribution >= 0.6 is 23.4 Å². The largest absolute Gasteiger partial charge is 0.463 e. The summed E-state index contributed by atoms with van der Waals surface area (Å²) >= 11 is 8.04. The number of rotatable bonds is 27. The molecule has 0 saturated carbocycles. The lowest BCUT2D eigenvalue weighted by molar-refractivity contribution is -0.348. The molecule has 3 fully saturated rings. The Morgan fingerprint density at radius 1 is 0.791 bits per heavy atom. The van der Waals surface area contributed by atoms with Crippen LogP contribution in [-0.4, -0.2) is 136 Å². The van der Waals surface area contributed by atoms with E-state index in [0.29, 0.717) is 34.2 Å². The van der Waals surface area contributed by atoms with Crippen molar-refractivity contribution in [2.24, 2.45) is 16.1 Å². The fourth-order valence-electron chi connectivity index (χ4n) is 12.9. The molecule has 1 aromatic heterocycles. The van der Waals surface area contributed by atoms with E-state index >= 15 is 4.79 Å². The number of azide groups is 2. The molecular formula is C67H84ClN7O13SSi2. The van der Waals surface area contributed by atoms with E-state index in [1.54, 1.807) is 42.5 Å². The maximum absolute atomic E-state index is 15.4. The molecule has 3 saturated heterocycles. The maximum atomic E-state index is 15.4. The molecule has 3 aliphatic rings. The standard InChI is InChI=1S/C67H84ClN7O13SSi2/c1-9-90(10-2,11-3)88-63-55(42-80-57(76)34-44(4)5)84-59(39-67(63,79)73-75-70)86-62-56(43-82-91(65(6,7)8,49-28-20-14-21-29-49)50-30-22-15-23-31-50)83-58(81-41-54-61(77)53(72-74-69)36-60(85-54)89-48-26-18-13-19-27-48)38-66(62,87-64(78)45-24-16-12-17-25-45)37-46-40-71-52-35-47(68)32-33-51(46)52/h12-33,35,40,44,53-56,58-63,71,77,79H,9-11,34,36-39,41-43H2,1-8H3/t53-,54-,55-,56-,58+,59-,60-,61-,62+,63+,66-,67-/m1/s1. The highest BCUT2D eigenvalue weighted by atomic mass is 35.5. The van der Waals surface area contributed by atoms with E-state index in [0.717, 1.165) is 20.7 Å². The van der Waals surface area contributed by atoms with Crippen molar-refractivity contribution >= 4 is 73.2 Å². The second kappa shape index (κ2) is 30.8. The van der Waals surface area contributed by atoms with Gasteiger partial charge in [-0.25, -0.2) is 4.79 Å². The quantitative estimate of drug-likeness (QED) is 0.0142. The molecule has 5 aromatic carbocycles. The number of aliphatic hydroxyl groups is 2. The highest BCUT2D eigenvalue weighted by Gasteiger charge is 2.60. The Morgan fingerprint density at radius 3 is 2.01 bits per heavy atom. The molecule has 0 aliphatic carbocycles. The van der Waals surface area contributed by atoms with Crippen molar-refractivity contribution in [3.05, 3.63) is 183 Å². The Labute approximate surface area is 543 Å². The summed E-state index contributed by atoms with van der Waals surface area (Å²) in [6, 6.07) is 44.7. The van der Waals surface area contributed by atoms with Gasteiger partial charge in [-0.2, -0.15) is 0 Å². The summed E-state index contributed by atoms with van der Waals surface area (Å²) < 4.78 is 63.3. The number of benzene rings is 5. The lowest BCUT2D eigenvalue weighted by Crippen LogP contribution is -2.69. The van der Waals surface area contributed by atoms with Gasteiger partial charge in [-0.3, -0.25) is 4.79 Å². The molecule has 91 heavy (non-hydrogen) atoms. The number of hydrogen-bond donors (Lipinski definition) is 3. The van der Waals surface area contributed by atoms with E-state index in [2.05, 4.69) is 70.1 Å². The molecule has 12 atom stereocenters. The van der Waals surface area contributed by atoms with Crippen LogP contribution in [0.5, 0.6) is 0 Å². The zero-order valence-electron chi connectivity index (χ0n) is 52.8. The minimum absolute atomic E-state index is 0.0446. The summed E-state index contributed by atoms with van der Waals surface area (Å²) in [6.45, 7) is 15.4. The third-order valence-electron chi connectivity index (χ3n) is 17.7. The predicted octanol–water partition coefficient (Wildman–Crippen LogP) is 13.1. The summed E-state index contributed by atoms with van der Waals surface area (Å²) in [5, 5.41) is 35.7. The van der Waals surface area contributed by atoms with E-state index in [1.165, 1.54) is 11.8 Å². The first-order valence-electron chi connectivity index (χ1n) is 31.3. The Morgan fingerprint density at radius 2 is 1.41 bits per heavy atom. The van der Waals surface area contributed by atoms with Crippen LogP contribution < -0.4 is 10.4 Å². The number of ether oxygens (including phenoxy) is 7. The molecule has 0 bridgehead atoms. The number of aromatic nitrogens is 1. The molecule has 24 heteroatoms. The van der Waals surface area contributed by atoms with Crippen LogP contribution in [0.25, 0.3) is 31.8 Å². The van der Waals surface area contributed by atoms with E-state index in [1.807, 2.05) is 114 Å². The Bertz CT molecular complexity index is 3410. The summed E-state index contributed by atoms with van der Waals surface area (Å²) in [4.78, 5) is 39.4. The molecule has 0 radical (unpaired) electrons. The molecule has 4 heterocycles. The van der Waals surface area contributed by atoms with Gasteiger partial charge >= 0.3 is 11.9 Å². The van der Waals surface area contributed by atoms with Crippen molar-refractivity contribution in [3.63, 3.8) is 0 Å². The van der Waals surface area contributed by atoms with Gasteiger partial charge in [-0.05, 0) is 98.9 Å². The van der Waals surface area contributed by atoms with Gasteiger partial charge in [0.25, 0.3) is 8.32 Å². The van der Waals surface area contributed by atoms with Crippen LogP contribution in [0.1, 0.15) is 97.0 Å². The van der Waals surface area contributed by atoms with Gasteiger partial charge in [0.2, 0.25) is 0 Å². The highest BCUT2D eigenvalue weighted by Crippen LogP contribution is 2.46. The zero-order chi connectivity index (χ0) is 65.0. The van der Waals surface area contributed by atoms with Crippen molar-refractivity contribution in [3.8, 4) is 0 Å². The van der Waals surface area contributed by atoms with Crippen LogP contribution in [0.2, 0.25) is 28.2 Å². The van der Waals surface area contributed by atoms with Gasteiger partial charge < -0.3 is 57.2 Å². The number of carbonyl (C=O) groups is 2. The molecule has 3 aliphatic heterocycles. The average Bonchev–Trinajstić information content (AvgIpc) is 1.27. The third-order valence-corrected chi connectivity index (χ3v) is 28.7. The number of aliphatic hydroxyl groups excluding tert-OH is 1. The zero-order valence-corrected chi connectivity index (χ0v) is 56.4. The van der Waals surface area contributed by atoms with Gasteiger partial charge in [0.1, 0.15) is 42.6 Å². The van der Waals surface area contributed by atoms with Gasteiger partial charge in [0.15, 0.2) is 32.2 Å². The smallest absolute Gasteiger partial charge is 0.338 e.